The number of nitrogens with zero attached hydrogens (tertiary/aromatic N) is 5. The van der Waals surface area contributed by atoms with Crippen LogP contribution in [0.15, 0.2) is 84.9 Å². The van der Waals surface area contributed by atoms with Gasteiger partial charge in [-0.2, -0.15) is 0 Å². The molecule has 4 aromatic rings. The Morgan fingerprint density at radius 2 is 1.41 bits per heavy atom. The molecule has 1 saturated heterocycles. The third-order valence-electron chi connectivity index (χ3n) is 5.86. The second-order valence-corrected chi connectivity index (χ2v) is 7.94. The normalized spacial score (nSPS) is 13.9. The van der Waals surface area contributed by atoms with E-state index >= 15 is 0 Å². The highest BCUT2D eigenvalue weighted by molar-refractivity contribution is 5.91. The van der Waals surface area contributed by atoms with Crippen LogP contribution in [0, 0.1) is 6.92 Å². The smallest absolute Gasteiger partial charge is 0.293 e. The van der Waals surface area contributed by atoms with Gasteiger partial charge in [0, 0.05) is 37.4 Å². The first-order chi connectivity index (χ1) is 15.7. The fourth-order valence-electron chi connectivity index (χ4n) is 4.09. The van der Waals surface area contributed by atoms with E-state index in [2.05, 4.69) is 22.1 Å². The van der Waals surface area contributed by atoms with Gasteiger partial charge in [-0.25, -0.2) is 9.67 Å². The highest BCUT2D eigenvalue weighted by atomic mass is 16.2. The number of aryl methyl sites for hydroxylation is 1. The first-order valence-electron chi connectivity index (χ1n) is 10.9. The van der Waals surface area contributed by atoms with Crippen LogP contribution in [0.2, 0.25) is 0 Å². The van der Waals surface area contributed by atoms with Gasteiger partial charge in [-0.15, -0.1) is 5.10 Å². The number of piperazine rings is 1. The molecule has 1 fully saturated rings. The van der Waals surface area contributed by atoms with Gasteiger partial charge < -0.3 is 9.80 Å². The van der Waals surface area contributed by atoms with Crippen LogP contribution in [-0.2, 0) is 0 Å². The summed E-state index contributed by atoms with van der Waals surface area (Å²) in [5.41, 5.74) is 4.11. The lowest BCUT2D eigenvalue weighted by atomic mass is 10.2. The van der Waals surface area contributed by atoms with Gasteiger partial charge in [-0.1, -0.05) is 66.7 Å². The Morgan fingerprint density at radius 1 is 0.781 bits per heavy atom. The van der Waals surface area contributed by atoms with E-state index in [1.807, 2.05) is 84.6 Å². The van der Waals surface area contributed by atoms with Crippen molar-refractivity contribution >= 4 is 11.6 Å². The first kappa shape index (κ1) is 20.0. The van der Waals surface area contributed by atoms with Gasteiger partial charge in [0.05, 0.1) is 5.69 Å². The van der Waals surface area contributed by atoms with Crippen LogP contribution < -0.4 is 4.90 Å². The van der Waals surface area contributed by atoms with E-state index in [1.54, 1.807) is 4.68 Å². The molecule has 160 valence electrons. The second kappa shape index (κ2) is 8.67. The molecule has 0 atom stereocenters. The Labute approximate surface area is 187 Å². The van der Waals surface area contributed by atoms with E-state index < -0.39 is 0 Å². The summed E-state index contributed by atoms with van der Waals surface area (Å²) in [5.74, 6) is 0.786. The Balaban J connectivity index is 1.43. The van der Waals surface area contributed by atoms with Gasteiger partial charge in [-0.3, -0.25) is 4.79 Å². The monoisotopic (exact) mass is 423 g/mol. The van der Waals surface area contributed by atoms with Gasteiger partial charge in [-0.05, 0) is 30.7 Å². The Kier molecular flexibility index (Phi) is 5.42. The van der Waals surface area contributed by atoms with E-state index in [-0.39, 0.29) is 11.7 Å². The lowest BCUT2D eigenvalue weighted by Crippen LogP contribution is -2.49. The highest BCUT2D eigenvalue weighted by Gasteiger charge is 2.27. The third kappa shape index (κ3) is 3.87. The molecule has 1 aliphatic heterocycles. The summed E-state index contributed by atoms with van der Waals surface area (Å²) in [6, 6.07) is 28.2. The summed E-state index contributed by atoms with van der Waals surface area (Å²) >= 11 is 0. The van der Waals surface area contributed by atoms with E-state index in [0.717, 1.165) is 29.9 Å². The van der Waals surface area contributed by atoms with Crippen LogP contribution in [0.3, 0.4) is 0 Å². The van der Waals surface area contributed by atoms with Crippen molar-refractivity contribution in [2.24, 2.45) is 0 Å². The zero-order chi connectivity index (χ0) is 21.9. The van der Waals surface area contributed by atoms with E-state index in [4.69, 9.17) is 4.98 Å². The molecule has 1 aliphatic rings. The predicted octanol–water partition coefficient (Wildman–Crippen LogP) is 4.21. The number of hydrogen-bond acceptors (Lipinski definition) is 4. The number of hydrogen-bond donors (Lipinski definition) is 0. The molecule has 0 unspecified atom stereocenters. The molecule has 0 spiro atoms. The zero-order valence-electron chi connectivity index (χ0n) is 18.1. The van der Waals surface area contributed by atoms with Crippen LogP contribution in [0.5, 0.6) is 0 Å². The predicted molar refractivity (Wildman–Crippen MR) is 126 cm³/mol. The molecule has 5 rings (SSSR count). The fraction of sp³-hybridized carbons (Fsp3) is 0.192. The molecule has 0 N–H and O–H groups in total. The summed E-state index contributed by atoms with van der Waals surface area (Å²) in [7, 11) is 0. The molecular weight excluding hydrogens is 398 g/mol. The number of carbonyl (C=O) groups is 1. The van der Waals surface area contributed by atoms with E-state index in [0.29, 0.717) is 18.9 Å². The van der Waals surface area contributed by atoms with Gasteiger partial charge >= 0.3 is 0 Å². The largest absolute Gasteiger partial charge is 0.368 e. The number of amides is 1. The van der Waals surface area contributed by atoms with Crippen LogP contribution >= 0.6 is 0 Å². The van der Waals surface area contributed by atoms with Crippen molar-refractivity contribution in [2.45, 2.75) is 6.92 Å². The van der Waals surface area contributed by atoms with Crippen LogP contribution in [0.1, 0.15) is 16.2 Å². The van der Waals surface area contributed by atoms with Crippen molar-refractivity contribution < 1.29 is 4.79 Å². The summed E-state index contributed by atoms with van der Waals surface area (Å²) in [4.78, 5) is 22.2. The first-order valence-corrected chi connectivity index (χ1v) is 10.9. The molecule has 2 heterocycles. The summed E-state index contributed by atoms with van der Waals surface area (Å²) in [6.45, 7) is 4.91. The van der Waals surface area contributed by atoms with Crippen molar-refractivity contribution in [3.05, 3.63) is 96.3 Å². The Hall–Kier alpha value is -3.93. The lowest BCUT2D eigenvalue weighted by molar-refractivity contribution is 0.0734. The average molecular weight is 424 g/mol. The second-order valence-electron chi connectivity index (χ2n) is 7.94. The number of anilines is 1. The van der Waals surface area contributed by atoms with Crippen molar-refractivity contribution in [3.63, 3.8) is 0 Å². The molecule has 3 aromatic carbocycles. The van der Waals surface area contributed by atoms with Gasteiger partial charge in [0.1, 0.15) is 0 Å². The van der Waals surface area contributed by atoms with Gasteiger partial charge in [0.25, 0.3) is 5.91 Å². The molecule has 32 heavy (non-hydrogen) atoms. The number of rotatable bonds is 4. The van der Waals surface area contributed by atoms with Crippen molar-refractivity contribution in [2.75, 3.05) is 31.1 Å². The number of aromatic nitrogens is 3. The minimum atomic E-state index is -0.123. The number of para-hydroxylation sites is 2. The molecule has 0 aliphatic carbocycles. The maximum absolute atomic E-state index is 13.3. The third-order valence-corrected chi connectivity index (χ3v) is 5.86. The molecule has 6 nitrogen and oxygen atoms in total. The SMILES string of the molecule is Cc1ccccc1-n1nc(C(=O)N2CCN(c3ccccc3)CC2)nc1-c1ccccc1. The molecule has 0 bridgehead atoms. The topological polar surface area (TPSA) is 54.3 Å². The van der Waals surface area contributed by atoms with Crippen LogP contribution in [0.25, 0.3) is 17.1 Å². The highest BCUT2D eigenvalue weighted by Crippen LogP contribution is 2.24. The summed E-state index contributed by atoms with van der Waals surface area (Å²) in [6.07, 6.45) is 0. The minimum Gasteiger partial charge on any atom is -0.368 e. The fourth-order valence-corrected chi connectivity index (χ4v) is 4.09. The molecule has 6 heteroatoms. The summed E-state index contributed by atoms with van der Waals surface area (Å²) < 4.78 is 1.79. The van der Waals surface area contributed by atoms with Gasteiger partial charge in [0.2, 0.25) is 5.82 Å². The van der Waals surface area contributed by atoms with Crippen molar-refractivity contribution in [3.8, 4) is 17.1 Å². The molecule has 1 amide bonds. The molecule has 0 radical (unpaired) electrons. The summed E-state index contributed by atoms with van der Waals surface area (Å²) in [5, 5.41) is 4.67. The van der Waals surface area contributed by atoms with E-state index in [1.165, 1.54) is 5.69 Å². The Morgan fingerprint density at radius 3 is 2.09 bits per heavy atom. The number of benzene rings is 3. The average Bonchev–Trinajstić information content (AvgIpc) is 3.30. The number of carbonyl (C=O) groups excluding carboxylic acids is 1. The quantitative estimate of drug-likeness (QED) is 0.494. The maximum atomic E-state index is 13.3. The standard InChI is InChI=1S/C26H25N5O/c1-20-10-8-9-15-23(20)31-25(21-11-4-2-5-12-21)27-24(28-31)26(32)30-18-16-29(17-19-30)22-13-6-3-7-14-22/h2-15H,16-19H2,1H3. The molecule has 1 aromatic heterocycles. The minimum absolute atomic E-state index is 0.123. The maximum Gasteiger partial charge on any atom is 0.293 e. The lowest BCUT2D eigenvalue weighted by Gasteiger charge is -2.35. The van der Waals surface area contributed by atoms with Crippen LogP contribution in [-0.4, -0.2) is 51.8 Å². The van der Waals surface area contributed by atoms with Gasteiger partial charge in [0.15, 0.2) is 5.82 Å². The van der Waals surface area contributed by atoms with E-state index in [9.17, 15) is 4.79 Å². The zero-order valence-corrected chi connectivity index (χ0v) is 18.1. The van der Waals surface area contributed by atoms with Crippen LogP contribution in [0.4, 0.5) is 5.69 Å². The Bertz CT molecular complexity index is 1210. The van der Waals surface area contributed by atoms with Crippen molar-refractivity contribution in [1.29, 1.82) is 0 Å². The molecular formula is C26H25N5O. The van der Waals surface area contributed by atoms with Crippen molar-refractivity contribution in [1.82, 2.24) is 19.7 Å². The molecule has 0 saturated carbocycles.